The molecule has 6 aliphatic rings. The minimum absolute atomic E-state index is 0.0209. The van der Waals surface area contributed by atoms with Gasteiger partial charge in [-0.05, 0) is 87.7 Å². The van der Waals surface area contributed by atoms with E-state index in [1.807, 2.05) is 17.0 Å². The maximum absolute atomic E-state index is 15.7. The molecule has 7 heterocycles. The van der Waals surface area contributed by atoms with E-state index in [0.29, 0.717) is 88.3 Å². The van der Waals surface area contributed by atoms with Gasteiger partial charge in [-0.15, -0.1) is 0 Å². The van der Waals surface area contributed by atoms with E-state index >= 15 is 8.78 Å². The maximum atomic E-state index is 15.7. The average molecular weight is 996 g/mol. The Hall–Kier alpha value is -5.95. The smallest absolute Gasteiger partial charge is 0.257 e. The first-order chi connectivity index (χ1) is 34.6. The van der Waals surface area contributed by atoms with Crippen molar-refractivity contribution in [1.82, 2.24) is 35.3 Å². The van der Waals surface area contributed by atoms with Crippen LogP contribution in [0, 0.1) is 17.0 Å². The molecule has 5 saturated heterocycles. The predicted molar refractivity (Wildman–Crippen MR) is 269 cm³/mol. The number of rotatable bonds is 17. The second kappa shape index (κ2) is 22.0. The summed E-state index contributed by atoms with van der Waals surface area (Å²) in [4.78, 5) is 83.7. The van der Waals surface area contributed by atoms with E-state index in [0.717, 1.165) is 94.7 Å². The molecule has 6 aliphatic heterocycles. The quantitative estimate of drug-likeness (QED) is 0.0985. The Bertz CT molecular complexity index is 2490. The Morgan fingerprint density at radius 2 is 1.51 bits per heavy atom. The second-order valence-electron chi connectivity index (χ2n) is 21.6. The molecule has 9 rings (SSSR count). The monoisotopic (exact) mass is 996 g/mol. The van der Waals surface area contributed by atoms with Crippen molar-refractivity contribution in [3.8, 4) is 0 Å². The lowest BCUT2D eigenvalue weighted by atomic mass is 9.82. The van der Waals surface area contributed by atoms with Crippen molar-refractivity contribution in [3.05, 3.63) is 71.1 Å². The maximum Gasteiger partial charge on any atom is 0.257 e. The first kappa shape index (κ1) is 51.0. The van der Waals surface area contributed by atoms with Gasteiger partial charge in [0.15, 0.2) is 6.23 Å². The zero-order valence-electron chi connectivity index (χ0n) is 41.9. The van der Waals surface area contributed by atoms with Gasteiger partial charge in [-0.25, -0.2) is 18.7 Å². The van der Waals surface area contributed by atoms with E-state index in [-0.39, 0.29) is 48.2 Å². The number of halogens is 2. The number of carbonyl (C=O) groups excluding carboxylic acids is 5. The van der Waals surface area contributed by atoms with Crippen LogP contribution in [0.1, 0.15) is 131 Å². The van der Waals surface area contributed by atoms with Crippen molar-refractivity contribution in [2.75, 3.05) is 92.0 Å². The highest BCUT2D eigenvalue weighted by atomic mass is 19.1. The Labute approximate surface area is 421 Å². The van der Waals surface area contributed by atoms with Gasteiger partial charge >= 0.3 is 0 Å². The molecule has 388 valence electrons. The Morgan fingerprint density at radius 1 is 0.792 bits per heavy atom. The van der Waals surface area contributed by atoms with Crippen LogP contribution in [0.3, 0.4) is 0 Å². The third-order valence-electron chi connectivity index (χ3n) is 15.9. The largest absolute Gasteiger partial charge is 0.370 e. The number of unbranched alkanes of at least 4 members (excludes halogenated alkanes) is 6. The van der Waals surface area contributed by atoms with E-state index in [9.17, 15) is 29.1 Å². The lowest BCUT2D eigenvalue weighted by Gasteiger charge is -2.48. The lowest BCUT2D eigenvalue weighted by Crippen LogP contribution is -2.66. The molecule has 4 N–H and O–H groups in total. The van der Waals surface area contributed by atoms with Crippen LogP contribution >= 0.6 is 0 Å². The molecule has 0 saturated carbocycles. The molecule has 0 bridgehead atoms. The fraction of sp³-hybridized carbons (Fsp3) is 0.604. The third-order valence-corrected chi connectivity index (χ3v) is 15.9. The summed E-state index contributed by atoms with van der Waals surface area (Å²) in [5.74, 6) is -0.783. The number of aliphatic hydroxyl groups excluding tert-OH is 1. The minimum atomic E-state index is -1.28. The third kappa shape index (κ3) is 11.8. The molecule has 17 nitrogen and oxygen atoms in total. The van der Waals surface area contributed by atoms with Crippen LogP contribution in [0.5, 0.6) is 0 Å². The number of hydrogen-bond donors (Lipinski definition) is 4. The molecule has 1 spiro atoms. The Balaban J connectivity index is 0.634. The molecule has 19 heteroatoms. The van der Waals surface area contributed by atoms with Crippen molar-refractivity contribution in [2.24, 2.45) is 5.41 Å². The lowest BCUT2D eigenvalue weighted by molar-refractivity contribution is -0.139. The number of nitrogens with zero attached hydrogens (tertiary/aromatic N) is 8. The molecular formula is C53H71F2N11O6. The molecule has 0 radical (unpaired) electrons. The van der Waals surface area contributed by atoms with Crippen molar-refractivity contribution in [3.63, 3.8) is 0 Å². The fourth-order valence-electron chi connectivity index (χ4n) is 11.4. The molecule has 5 fully saturated rings. The number of piperidine rings is 3. The highest BCUT2D eigenvalue weighted by molar-refractivity contribution is 6.06. The Morgan fingerprint density at radius 3 is 2.25 bits per heavy atom. The van der Waals surface area contributed by atoms with Crippen LogP contribution in [0.4, 0.5) is 31.8 Å². The van der Waals surface area contributed by atoms with Gasteiger partial charge < -0.3 is 35.3 Å². The van der Waals surface area contributed by atoms with E-state index in [1.54, 1.807) is 23.4 Å². The van der Waals surface area contributed by atoms with Crippen LogP contribution in [0.25, 0.3) is 0 Å². The number of fused-ring (bicyclic) bond motifs is 1. The minimum Gasteiger partial charge on any atom is -0.370 e. The van der Waals surface area contributed by atoms with Gasteiger partial charge in [0, 0.05) is 106 Å². The van der Waals surface area contributed by atoms with E-state index in [1.165, 1.54) is 17.0 Å². The predicted octanol–water partition coefficient (Wildman–Crippen LogP) is 5.49. The summed E-state index contributed by atoms with van der Waals surface area (Å²) in [6.45, 7) is 11.5. The van der Waals surface area contributed by atoms with Crippen LogP contribution in [0.15, 0.2) is 42.7 Å². The van der Waals surface area contributed by atoms with Crippen molar-refractivity contribution >= 4 is 52.5 Å². The summed E-state index contributed by atoms with van der Waals surface area (Å²) in [6, 6.07) is 8.96. The number of nitrogens with one attached hydrogen (secondary N) is 3. The van der Waals surface area contributed by atoms with Gasteiger partial charge in [0.05, 0.1) is 17.8 Å². The van der Waals surface area contributed by atoms with Gasteiger partial charge in [0.2, 0.25) is 23.6 Å². The molecule has 3 aromatic rings. The number of amides is 5. The molecule has 0 aliphatic carbocycles. The molecular weight excluding hydrogens is 925 g/mol. The summed E-state index contributed by atoms with van der Waals surface area (Å²) in [6.07, 6.45) is 11.7. The van der Waals surface area contributed by atoms with Crippen molar-refractivity contribution < 1.29 is 37.9 Å². The second-order valence-corrected chi connectivity index (χ2v) is 21.6. The van der Waals surface area contributed by atoms with Gasteiger partial charge in [-0.1, -0.05) is 46.0 Å². The number of aliphatic hydroxyl groups is 1. The number of likely N-dealkylation sites (tertiary alicyclic amines) is 1. The average Bonchev–Trinajstić information content (AvgIpc) is 3.61. The van der Waals surface area contributed by atoms with Crippen LogP contribution in [-0.2, 0) is 25.7 Å². The molecule has 2 aromatic carbocycles. The highest BCUT2D eigenvalue weighted by Gasteiger charge is 2.45. The molecule has 5 amide bonds. The molecule has 2 unspecified atom stereocenters. The van der Waals surface area contributed by atoms with Gasteiger partial charge in [0.1, 0.15) is 35.6 Å². The number of anilines is 4. The summed E-state index contributed by atoms with van der Waals surface area (Å²) < 4.78 is 31.2. The fourth-order valence-corrected chi connectivity index (χ4v) is 11.4. The van der Waals surface area contributed by atoms with E-state index in [4.69, 9.17) is 0 Å². The van der Waals surface area contributed by atoms with Gasteiger partial charge in [-0.2, -0.15) is 0 Å². The zero-order chi connectivity index (χ0) is 50.6. The summed E-state index contributed by atoms with van der Waals surface area (Å²) in [7, 11) is 0. The number of imide groups is 1. The summed E-state index contributed by atoms with van der Waals surface area (Å²) in [5, 5.41) is 20.0. The zero-order valence-corrected chi connectivity index (χ0v) is 41.9. The van der Waals surface area contributed by atoms with Crippen LogP contribution in [-0.4, -0.2) is 143 Å². The van der Waals surface area contributed by atoms with Crippen molar-refractivity contribution in [2.45, 2.75) is 128 Å². The highest BCUT2D eigenvalue weighted by Crippen LogP contribution is 2.38. The van der Waals surface area contributed by atoms with Crippen LogP contribution < -0.4 is 30.7 Å². The number of piperazine rings is 2. The van der Waals surface area contributed by atoms with Gasteiger partial charge in [-0.3, -0.25) is 39.1 Å². The van der Waals surface area contributed by atoms with E-state index < -0.39 is 41.3 Å². The molecule has 2 atom stereocenters. The number of carbonyl (C=O) groups is 5. The van der Waals surface area contributed by atoms with Gasteiger partial charge in [0.25, 0.3) is 5.91 Å². The number of benzene rings is 2. The number of hydrogen-bond acceptors (Lipinski definition) is 13. The normalized spacial score (nSPS) is 22.3. The van der Waals surface area contributed by atoms with Crippen LogP contribution in [0.2, 0.25) is 0 Å². The topological polar surface area (TPSA) is 187 Å². The summed E-state index contributed by atoms with van der Waals surface area (Å²) in [5.41, 5.74) is 1.83. The number of aromatic nitrogens is 2. The van der Waals surface area contributed by atoms with Crippen molar-refractivity contribution in [1.29, 1.82) is 0 Å². The van der Waals surface area contributed by atoms with E-state index in [2.05, 4.69) is 54.5 Å². The Kier molecular flexibility index (Phi) is 15.6. The first-order valence-corrected chi connectivity index (χ1v) is 26.2. The molecule has 72 heavy (non-hydrogen) atoms. The first-order valence-electron chi connectivity index (χ1n) is 26.2. The summed E-state index contributed by atoms with van der Waals surface area (Å²) >= 11 is 0. The SMILES string of the molecule is CC1(C)CCN(Cc2cc(F)c(N3CC(=O)NC4(CCN(c5cc(NCCCCCCCCCC(=O)N6CCN(c7ccc8c(c7)C(O)N(C7CCC(=O)NC7=O)C8=O)CC6)ncn5)CC4)C3)cc2F)CC1. The molecule has 1 aromatic heterocycles. The standard InChI is InChI=1S/C53H71F2N11O6/c1-52(2)15-20-61(21-16-52)32-36-28-41(55)43(30-40(36)54)65-33-47(68)60-53(34-65)17-22-63(23-18-53)45-31-44(57-35-58-45)56-19-9-7-5-3-4-6-8-10-48(69)64-26-24-62(25-27-64)37-11-12-38-39(29-37)51(72)66(50(38)71)42-13-14-46(67)59-49(42)70/h11-12,28-31,35,42,51,72H,3-10,13-27,32-34H2,1-2H3,(H,60,68)(H,56,57,58)(H,59,67,70).